The number of piperazine rings is 1. The van der Waals surface area contributed by atoms with Gasteiger partial charge in [-0.15, -0.1) is 10.2 Å². The maximum Gasteiger partial charge on any atom is 0.236 e. The Balaban J connectivity index is 1.09. The molecule has 30 heavy (non-hydrogen) atoms. The van der Waals surface area contributed by atoms with Crippen molar-refractivity contribution in [3.63, 3.8) is 0 Å². The van der Waals surface area contributed by atoms with Gasteiger partial charge in [-0.3, -0.25) is 19.0 Å². The second kappa shape index (κ2) is 8.83. The average molecular weight is 425 g/mol. The van der Waals surface area contributed by atoms with E-state index >= 15 is 0 Å². The first kappa shape index (κ1) is 19.7. The number of fused-ring (bicyclic) bond motifs is 1. The number of likely N-dealkylation sites (tertiary alicyclic amines) is 1. The molecular formula is C22H28N6OS. The molecule has 5 rings (SSSR count). The monoisotopic (exact) mass is 424 g/mol. The predicted molar refractivity (Wildman–Crippen MR) is 118 cm³/mol. The van der Waals surface area contributed by atoms with Crippen LogP contribution in [0.5, 0.6) is 0 Å². The molecule has 0 bridgehead atoms. The molecule has 5 heterocycles. The SMILES string of the molecule is O=C(CN1CCC(c2nnc3ccccn23)CC1)N1CCN(Cc2ccsc2)CC1. The van der Waals surface area contributed by atoms with Gasteiger partial charge in [0.05, 0.1) is 6.54 Å². The standard InChI is InChI=1S/C22H28N6OS/c29-21(27-12-10-26(11-13-27)15-18-6-14-30-17-18)16-25-8-4-19(5-9-25)22-24-23-20-3-1-2-7-28(20)22/h1-3,6-7,14,17,19H,4-5,8-13,15-16H2. The Labute approximate surface area is 180 Å². The zero-order valence-corrected chi connectivity index (χ0v) is 18.0. The Bertz CT molecular complexity index is 971. The van der Waals surface area contributed by atoms with Crippen LogP contribution in [0.4, 0.5) is 0 Å². The van der Waals surface area contributed by atoms with Gasteiger partial charge in [0.1, 0.15) is 5.82 Å². The molecule has 2 aliphatic rings. The first-order chi connectivity index (χ1) is 14.8. The Morgan fingerprint density at radius 1 is 1.00 bits per heavy atom. The highest BCUT2D eigenvalue weighted by Crippen LogP contribution is 2.27. The Morgan fingerprint density at radius 2 is 1.83 bits per heavy atom. The summed E-state index contributed by atoms with van der Waals surface area (Å²) < 4.78 is 2.10. The molecule has 8 heteroatoms. The Hall–Kier alpha value is -2.29. The second-order valence-corrected chi connectivity index (χ2v) is 9.11. The van der Waals surface area contributed by atoms with Gasteiger partial charge in [-0.25, -0.2) is 0 Å². The van der Waals surface area contributed by atoms with Crippen molar-refractivity contribution < 1.29 is 4.79 Å². The Kier molecular flexibility index (Phi) is 5.79. The number of carbonyl (C=O) groups excluding carboxylic acids is 1. The summed E-state index contributed by atoms with van der Waals surface area (Å²) in [6.07, 6.45) is 4.09. The molecule has 0 saturated carbocycles. The number of carbonyl (C=O) groups is 1. The fourth-order valence-electron chi connectivity index (χ4n) is 4.58. The van der Waals surface area contributed by atoms with Gasteiger partial charge in [-0.2, -0.15) is 11.3 Å². The molecule has 0 radical (unpaired) electrons. The molecule has 2 aliphatic heterocycles. The molecule has 0 aliphatic carbocycles. The van der Waals surface area contributed by atoms with Crippen molar-refractivity contribution in [2.75, 3.05) is 45.8 Å². The van der Waals surface area contributed by atoms with Gasteiger partial charge >= 0.3 is 0 Å². The Morgan fingerprint density at radius 3 is 2.60 bits per heavy atom. The van der Waals surface area contributed by atoms with Gasteiger partial charge < -0.3 is 4.90 Å². The highest BCUT2D eigenvalue weighted by atomic mass is 32.1. The second-order valence-electron chi connectivity index (χ2n) is 8.33. The number of hydrogen-bond donors (Lipinski definition) is 0. The number of nitrogens with zero attached hydrogens (tertiary/aromatic N) is 6. The average Bonchev–Trinajstić information content (AvgIpc) is 3.45. The van der Waals surface area contributed by atoms with Crippen LogP contribution in [0.25, 0.3) is 5.65 Å². The van der Waals surface area contributed by atoms with E-state index < -0.39 is 0 Å². The third kappa shape index (κ3) is 4.26. The summed E-state index contributed by atoms with van der Waals surface area (Å²) in [4.78, 5) is 19.6. The number of amides is 1. The normalized spacial score (nSPS) is 19.5. The molecule has 2 saturated heterocycles. The zero-order valence-electron chi connectivity index (χ0n) is 17.2. The summed E-state index contributed by atoms with van der Waals surface area (Å²) in [5, 5.41) is 13.1. The van der Waals surface area contributed by atoms with Crippen molar-refractivity contribution in [3.8, 4) is 0 Å². The van der Waals surface area contributed by atoms with Crippen LogP contribution in [-0.2, 0) is 11.3 Å². The predicted octanol–water partition coefficient (Wildman–Crippen LogP) is 2.31. The van der Waals surface area contributed by atoms with Gasteiger partial charge in [-0.1, -0.05) is 6.07 Å². The molecule has 158 valence electrons. The molecule has 1 amide bonds. The fourth-order valence-corrected chi connectivity index (χ4v) is 5.23. The summed E-state index contributed by atoms with van der Waals surface area (Å²) >= 11 is 1.75. The van der Waals surface area contributed by atoms with Crippen LogP contribution in [0.3, 0.4) is 0 Å². The van der Waals surface area contributed by atoms with Gasteiger partial charge in [-0.05, 0) is 60.5 Å². The summed E-state index contributed by atoms with van der Waals surface area (Å²) in [6.45, 7) is 7.02. The van der Waals surface area contributed by atoms with E-state index in [0.717, 1.165) is 70.1 Å². The van der Waals surface area contributed by atoms with Crippen LogP contribution in [0.1, 0.15) is 30.1 Å². The van der Waals surface area contributed by atoms with Gasteiger partial charge in [0, 0.05) is 44.8 Å². The van der Waals surface area contributed by atoms with E-state index in [-0.39, 0.29) is 5.91 Å². The van der Waals surface area contributed by atoms with Crippen molar-refractivity contribution in [1.29, 1.82) is 0 Å². The van der Waals surface area contributed by atoms with E-state index in [9.17, 15) is 4.79 Å². The van der Waals surface area contributed by atoms with Crippen LogP contribution < -0.4 is 0 Å². The minimum atomic E-state index is 0.275. The first-order valence-corrected chi connectivity index (χ1v) is 11.7. The van der Waals surface area contributed by atoms with Crippen LogP contribution in [0, 0.1) is 0 Å². The number of aromatic nitrogens is 3. The largest absolute Gasteiger partial charge is 0.339 e. The van der Waals surface area contributed by atoms with E-state index in [4.69, 9.17) is 0 Å². The van der Waals surface area contributed by atoms with Crippen molar-refractivity contribution >= 4 is 22.9 Å². The lowest BCUT2D eigenvalue weighted by atomic mass is 9.96. The highest BCUT2D eigenvalue weighted by Gasteiger charge is 2.27. The molecule has 3 aromatic rings. The van der Waals surface area contributed by atoms with Crippen LogP contribution in [-0.4, -0.2) is 81.0 Å². The summed E-state index contributed by atoms with van der Waals surface area (Å²) in [5.74, 6) is 1.74. The topological polar surface area (TPSA) is 57.0 Å². The van der Waals surface area contributed by atoms with E-state index in [1.54, 1.807) is 11.3 Å². The van der Waals surface area contributed by atoms with E-state index in [1.165, 1.54) is 5.56 Å². The number of piperidine rings is 1. The fraction of sp³-hybridized carbons (Fsp3) is 0.500. The minimum absolute atomic E-state index is 0.275. The van der Waals surface area contributed by atoms with Crippen molar-refractivity contribution in [2.45, 2.75) is 25.3 Å². The third-order valence-corrected chi connectivity index (χ3v) is 7.10. The van der Waals surface area contributed by atoms with E-state index in [1.807, 2.05) is 29.3 Å². The van der Waals surface area contributed by atoms with Gasteiger partial charge in [0.15, 0.2) is 5.65 Å². The molecule has 0 N–H and O–H groups in total. The van der Waals surface area contributed by atoms with Crippen molar-refractivity contribution in [2.24, 2.45) is 0 Å². The maximum atomic E-state index is 12.8. The zero-order chi connectivity index (χ0) is 20.3. The van der Waals surface area contributed by atoms with Gasteiger partial charge in [0.2, 0.25) is 5.91 Å². The third-order valence-electron chi connectivity index (χ3n) is 6.36. The van der Waals surface area contributed by atoms with E-state index in [0.29, 0.717) is 12.5 Å². The minimum Gasteiger partial charge on any atom is -0.339 e. The lowest BCUT2D eigenvalue weighted by molar-refractivity contribution is -0.134. The number of rotatable bonds is 5. The molecular weight excluding hydrogens is 396 g/mol. The highest BCUT2D eigenvalue weighted by molar-refractivity contribution is 7.07. The van der Waals surface area contributed by atoms with Gasteiger partial charge in [0.25, 0.3) is 0 Å². The van der Waals surface area contributed by atoms with Crippen LogP contribution >= 0.6 is 11.3 Å². The number of pyridine rings is 1. The molecule has 2 fully saturated rings. The summed E-state index contributed by atoms with van der Waals surface area (Å²) in [5.41, 5.74) is 2.28. The number of thiophene rings is 1. The maximum absolute atomic E-state index is 12.8. The molecule has 0 unspecified atom stereocenters. The van der Waals surface area contributed by atoms with Crippen molar-refractivity contribution in [1.82, 2.24) is 29.3 Å². The number of hydrogen-bond acceptors (Lipinski definition) is 6. The molecule has 0 atom stereocenters. The molecule has 7 nitrogen and oxygen atoms in total. The molecule has 0 spiro atoms. The van der Waals surface area contributed by atoms with Crippen LogP contribution in [0.2, 0.25) is 0 Å². The van der Waals surface area contributed by atoms with E-state index in [2.05, 4.69) is 41.2 Å². The summed E-state index contributed by atoms with van der Waals surface area (Å²) in [7, 11) is 0. The van der Waals surface area contributed by atoms with Crippen molar-refractivity contribution in [3.05, 3.63) is 52.6 Å². The lowest BCUT2D eigenvalue weighted by Gasteiger charge is -2.37. The quantitative estimate of drug-likeness (QED) is 0.629. The first-order valence-electron chi connectivity index (χ1n) is 10.8. The lowest BCUT2D eigenvalue weighted by Crippen LogP contribution is -2.51. The summed E-state index contributed by atoms with van der Waals surface area (Å²) in [6, 6.07) is 8.19. The molecule has 0 aromatic carbocycles. The molecule has 3 aromatic heterocycles. The van der Waals surface area contributed by atoms with Crippen LogP contribution in [0.15, 0.2) is 41.2 Å². The smallest absolute Gasteiger partial charge is 0.236 e.